The predicted octanol–water partition coefficient (Wildman–Crippen LogP) is 7.26. The van der Waals surface area contributed by atoms with Crippen molar-refractivity contribution in [3.8, 4) is 11.1 Å². The van der Waals surface area contributed by atoms with Crippen molar-refractivity contribution >= 4 is 35.7 Å². The summed E-state index contributed by atoms with van der Waals surface area (Å²) < 4.78 is 22.2. The topological polar surface area (TPSA) is 146 Å². The van der Waals surface area contributed by atoms with Crippen LogP contribution in [0.2, 0.25) is 0 Å². The first-order valence-corrected chi connectivity index (χ1v) is 20.6. The van der Waals surface area contributed by atoms with Gasteiger partial charge in [-0.15, -0.1) is 0 Å². The van der Waals surface area contributed by atoms with Gasteiger partial charge in [-0.1, -0.05) is 49.2 Å². The minimum absolute atomic E-state index is 0.0260. The lowest BCUT2D eigenvalue weighted by molar-refractivity contribution is -0.148. The Balaban J connectivity index is 0.926. The number of ether oxygens (including phenoxy) is 4. The molecule has 1 spiro atoms. The van der Waals surface area contributed by atoms with Crippen molar-refractivity contribution in [3.63, 3.8) is 0 Å². The van der Waals surface area contributed by atoms with Gasteiger partial charge in [-0.25, -0.2) is 19.2 Å². The van der Waals surface area contributed by atoms with Crippen LogP contribution in [0.25, 0.3) is 11.1 Å². The zero-order valence-electron chi connectivity index (χ0n) is 33.9. The molecule has 304 valence electrons. The number of ketones is 2. The van der Waals surface area contributed by atoms with Gasteiger partial charge in [-0.05, 0) is 132 Å². The highest BCUT2D eigenvalue weighted by atomic mass is 16.6. The lowest BCUT2D eigenvalue weighted by Gasteiger charge is -2.29. The molecule has 3 saturated carbocycles. The van der Waals surface area contributed by atoms with Crippen LogP contribution < -0.4 is 0 Å². The average Bonchev–Trinajstić information content (AvgIpc) is 3.81. The fraction of sp³-hybridized carbons (Fsp3) is 0.600. The van der Waals surface area contributed by atoms with Crippen molar-refractivity contribution in [3.05, 3.63) is 58.7 Å². The molecule has 4 aliphatic carbocycles. The lowest BCUT2D eigenvalue weighted by Crippen LogP contribution is -2.46. The van der Waals surface area contributed by atoms with Crippen molar-refractivity contribution in [2.75, 3.05) is 13.2 Å². The molecule has 8 rings (SSSR count). The number of carbonyl (C=O) groups excluding carboxylic acids is 6. The van der Waals surface area contributed by atoms with Crippen molar-refractivity contribution < 1.29 is 47.7 Å². The van der Waals surface area contributed by atoms with Crippen LogP contribution in [0.1, 0.15) is 125 Å². The van der Waals surface area contributed by atoms with E-state index in [2.05, 4.69) is 0 Å². The minimum atomic E-state index is -0.766. The fourth-order valence-corrected chi connectivity index (χ4v) is 9.87. The molecule has 0 radical (unpaired) electrons. The summed E-state index contributed by atoms with van der Waals surface area (Å²) in [7, 11) is 0. The first-order valence-electron chi connectivity index (χ1n) is 20.6. The molecule has 6 aliphatic rings. The highest BCUT2D eigenvalue weighted by Gasteiger charge is 2.59. The molecule has 6 atom stereocenters. The molecule has 2 amide bonds. The molecule has 12 nitrogen and oxygen atoms in total. The Kier molecular flexibility index (Phi) is 9.79. The Morgan fingerprint density at radius 3 is 1.63 bits per heavy atom. The average molecular weight is 783 g/mol. The summed E-state index contributed by atoms with van der Waals surface area (Å²) >= 11 is 0. The second kappa shape index (κ2) is 14.3. The van der Waals surface area contributed by atoms with E-state index in [-0.39, 0.29) is 40.9 Å². The van der Waals surface area contributed by atoms with E-state index in [4.69, 9.17) is 18.9 Å². The number of fused-ring (bicyclic) bond motifs is 3. The number of carbonyl (C=O) groups is 6. The number of benzene rings is 2. The van der Waals surface area contributed by atoms with Crippen molar-refractivity contribution in [2.45, 2.75) is 141 Å². The summed E-state index contributed by atoms with van der Waals surface area (Å²) in [5.41, 5.74) is 3.64. The SMILES string of the molecule is CC(C)(C)OC(=O)N1C2CC2C[C@H]1C(=O)OCC(=O)c1ccc(-c2ccc(C(=O)COC(=O)[C@@H]3CC4CC4N3C(=O)OC(C)(C)C)c3c2CC2(CCCC2)C3)cc1. The lowest BCUT2D eigenvalue weighted by atomic mass is 9.82. The van der Waals surface area contributed by atoms with E-state index in [9.17, 15) is 28.8 Å². The van der Waals surface area contributed by atoms with E-state index in [0.717, 1.165) is 73.6 Å². The van der Waals surface area contributed by atoms with Crippen molar-refractivity contribution in [1.29, 1.82) is 0 Å². The van der Waals surface area contributed by atoms with Crippen LogP contribution in [0.15, 0.2) is 36.4 Å². The Labute approximate surface area is 333 Å². The third kappa shape index (κ3) is 7.93. The highest BCUT2D eigenvalue weighted by molar-refractivity contribution is 6.01. The van der Waals surface area contributed by atoms with Gasteiger partial charge < -0.3 is 18.9 Å². The number of hydrogen-bond donors (Lipinski definition) is 0. The number of Topliss-reactive ketones (excluding diaryl/α,β-unsaturated/α-hetero) is 2. The summed E-state index contributed by atoms with van der Waals surface area (Å²) in [4.78, 5) is 82.2. The molecule has 12 heteroatoms. The molecular weight excluding hydrogens is 728 g/mol. The van der Waals surface area contributed by atoms with Gasteiger partial charge in [0.1, 0.15) is 23.3 Å². The molecule has 2 saturated heterocycles. The van der Waals surface area contributed by atoms with E-state index in [1.807, 2.05) is 24.3 Å². The molecule has 0 bridgehead atoms. The van der Waals surface area contributed by atoms with Gasteiger partial charge in [0.2, 0.25) is 5.78 Å². The maximum absolute atomic E-state index is 13.8. The monoisotopic (exact) mass is 782 g/mol. The molecular formula is C45H54N2O10. The second-order valence-corrected chi connectivity index (χ2v) is 19.2. The molecule has 5 fully saturated rings. The van der Waals surface area contributed by atoms with Crippen LogP contribution in [0, 0.1) is 17.3 Å². The van der Waals surface area contributed by atoms with E-state index in [1.165, 1.54) is 9.80 Å². The third-order valence-corrected chi connectivity index (χ3v) is 12.7. The van der Waals surface area contributed by atoms with Gasteiger partial charge in [0, 0.05) is 23.2 Å². The smallest absolute Gasteiger partial charge is 0.411 e. The van der Waals surface area contributed by atoms with Crippen LogP contribution >= 0.6 is 0 Å². The van der Waals surface area contributed by atoms with E-state index >= 15 is 0 Å². The Morgan fingerprint density at radius 2 is 1.12 bits per heavy atom. The second-order valence-electron chi connectivity index (χ2n) is 19.2. The molecule has 57 heavy (non-hydrogen) atoms. The molecule has 0 aromatic heterocycles. The Bertz CT molecular complexity index is 2000. The zero-order chi connectivity index (χ0) is 40.6. The first kappa shape index (κ1) is 39.1. The van der Waals surface area contributed by atoms with Crippen LogP contribution in [-0.4, -0.2) is 94.1 Å². The molecule has 4 unspecified atom stereocenters. The van der Waals surface area contributed by atoms with Crippen LogP contribution in [-0.2, 0) is 41.4 Å². The maximum atomic E-state index is 13.8. The fourth-order valence-electron chi connectivity index (χ4n) is 9.87. The minimum Gasteiger partial charge on any atom is -0.456 e. The summed E-state index contributed by atoms with van der Waals surface area (Å²) in [5, 5.41) is 0. The number of amides is 2. The molecule has 0 N–H and O–H groups in total. The van der Waals surface area contributed by atoms with Crippen LogP contribution in [0.4, 0.5) is 9.59 Å². The number of nitrogens with zero attached hydrogens (tertiary/aromatic N) is 2. The third-order valence-electron chi connectivity index (χ3n) is 12.7. The number of esters is 2. The summed E-state index contributed by atoms with van der Waals surface area (Å²) in [5.74, 6) is -1.30. The molecule has 2 aromatic carbocycles. The van der Waals surface area contributed by atoms with Crippen LogP contribution in [0.3, 0.4) is 0 Å². The molecule has 2 heterocycles. The number of piperidine rings is 2. The van der Waals surface area contributed by atoms with Gasteiger partial charge >= 0.3 is 24.1 Å². The predicted molar refractivity (Wildman–Crippen MR) is 208 cm³/mol. The molecule has 2 aromatic rings. The van der Waals surface area contributed by atoms with E-state index in [1.54, 1.807) is 53.7 Å². The normalized spacial score (nSPS) is 26.4. The zero-order valence-corrected chi connectivity index (χ0v) is 33.9. The first-order chi connectivity index (χ1) is 26.9. The Hall–Kier alpha value is -4.74. The van der Waals surface area contributed by atoms with Crippen molar-refractivity contribution in [1.82, 2.24) is 9.80 Å². The number of likely N-dealkylation sites (tertiary alicyclic amines) is 2. The summed E-state index contributed by atoms with van der Waals surface area (Å²) in [6, 6.07) is 9.39. The highest BCUT2D eigenvalue weighted by Crippen LogP contribution is 2.52. The summed E-state index contributed by atoms with van der Waals surface area (Å²) in [6.07, 6.45) is 7.70. The van der Waals surface area contributed by atoms with Gasteiger partial charge in [-0.3, -0.25) is 19.4 Å². The van der Waals surface area contributed by atoms with Gasteiger partial charge in [0.25, 0.3) is 0 Å². The quantitative estimate of drug-likeness (QED) is 0.145. The maximum Gasteiger partial charge on any atom is 0.411 e. The van der Waals surface area contributed by atoms with Gasteiger partial charge in [0.15, 0.2) is 19.0 Å². The van der Waals surface area contributed by atoms with Gasteiger partial charge in [0.05, 0.1) is 0 Å². The number of rotatable bonds is 9. The van der Waals surface area contributed by atoms with Crippen LogP contribution in [0.5, 0.6) is 0 Å². The van der Waals surface area contributed by atoms with Gasteiger partial charge in [-0.2, -0.15) is 0 Å². The molecule has 2 aliphatic heterocycles. The summed E-state index contributed by atoms with van der Waals surface area (Å²) in [6.45, 7) is 9.86. The standard InChI is InChI=1S/C45H54N2O10/c1-43(2,3)56-41(52)46-33-17-27(33)19-35(46)39(50)54-23-37(48)26-11-9-25(10-12-26)29-13-14-30(32-22-45(21-31(29)32)15-7-8-16-45)38(49)24-55-40(51)36-20-28-18-34(28)47(36)42(53)57-44(4,5)6/h9-14,27-28,33-36H,7-8,15-24H2,1-6H3/t27?,28?,33?,34?,35-,36-/m0/s1. The largest absolute Gasteiger partial charge is 0.456 e. The van der Waals surface area contributed by atoms with E-state index < -0.39 is 60.6 Å². The Morgan fingerprint density at radius 1 is 0.632 bits per heavy atom. The number of hydrogen-bond acceptors (Lipinski definition) is 10. The van der Waals surface area contributed by atoms with E-state index in [0.29, 0.717) is 24.0 Å². The van der Waals surface area contributed by atoms with Crippen molar-refractivity contribution in [2.24, 2.45) is 17.3 Å².